The number of nitrogens with one attached hydrogen (secondary N) is 1. The van der Waals surface area contributed by atoms with Crippen LogP contribution in [0.5, 0.6) is 0 Å². The molecule has 138 valence electrons. The number of carbonyl (C=O) groups excluding carboxylic acids is 2. The Morgan fingerprint density at radius 2 is 2.12 bits per heavy atom. The lowest BCUT2D eigenvalue weighted by Gasteiger charge is -2.20. The van der Waals surface area contributed by atoms with E-state index >= 15 is 0 Å². The van der Waals surface area contributed by atoms with Gasteiger partial charge in [-0.15, -0.1) is 0 Å². The minimum absolute atomic E-state index is 0.0210. The molecule has 1 aliphatic heterocycles. The fraction of sp³-hybridized carbons (Fsp3) is 0.353. The Morgan fingerprint density at radius 1 is 1.38 bits per heavy atom. The number of alkyl halides is 3. The molecule has 0 aliphatic carbocycles. The van der Waals surface area contributed by atoms with Gasteiger partial charge in [0.05, 0.1) is 11.6 Å². The molecule has 9 heteroatoms. The van der Waals surface area contributed by atoms with Gasteiger partial charge in [0.15, 0.2) is 12.1 Å². The van der Waals surface area contributed by atoms with Crippen molar-refractivity contribution >= 4 is 11.8 Å². The van der Waals surface area contributed by atoms with Crippen LogP contribution in [-0.4, -0.2) is 34.3 Å². The lowest BCUT2D eigenvalue weighted by Crippen LogP contribution is -2.37. The van der Waals surface area contributed by atoms with Crippen molar-refractivity contribution in [1.29, 1.82) is 0 Å². The molecular weight excluding hydrogens is 351 g/mol. The summed E-state index contributed by atoms with van der Waals surface area (Å²) < 4.78 is 44.2. The molecule has 1 N–H and O–H groups in total. The van der Waals surface area contributed by atoms with Gasteiger partial charge in [0, 0.05) is 19.5 Å². The number of aromatic nitrogens is 1. The van der Waals surface area contributed by atoms with Crippen molar-refractivity contribution in [2.75, 3.05) is 6.54 Å². The van der Waals surface area contributed by atoms with E-state index in [1.807, 2.05) is 0 Å². The van der Waals surface area contributed by atoms with E-state index in [9.17, 15) is 22.8 Å². The second kappa shape index (κ2) is 6.81. The van der Waals surface area contributed by atoms with Crippen LogP contribution in [0, 0.1) is 6.92 Å². The van der Waals surface area contributed by atoms with Gasteiger partial charge in [0.25, 0.3) is 5.91 Å². The maximum atomic E-state index is 13.1. The lowest BCUT2D eigenvalue weighted by atomic mass is 10.1. The van der Waals surface area contributed by atoms with Gasteiger partial charge in [-0.1, -0.05) is 18.2 Å². The van der Waals surface area contributed by atoms with E-state index in [4.69, 9.17) is 4.42 Å². The Labute approximate surface area is 147 Å². The fourth-order valence-electron chi connectivity index (χ4n) is 2.94. The van der Waals surface area contributed by atoms with E-state index < -0.39 is 23.7 Å². The number of carbonyl (C=O) groups is 2. The second-order valence-corrected chi connectivity index (χ2v) is 6.06. The molecule has 2 aromatic rings. The smallest absolute Gasteiger partial charge is 0.416 e. The third kappa shape index (κ3) is 3.71. The number of amides is 2. The summed E-state index contributed by atoms with van der Waals surface area (Å²) in [6.07, 6.45) is -3.32. The van der Waals surface area contributed by atoms with Crippen LogP contribution < -0.4 is 5.32 Å². The van der Waals surface area contributed by atoms with Gasteiger partial charge in [0.2, 0.25) is 5.91 Å². The van der Waals surface area contributed by atoms with Crippen molar-refractivity contribution in [3.05, 3.63) is 53.2 Å². The summed E-state index contributed by atoms with van der Waals surface area (Å²) in [5, 5.41) is 2.67. The highest BCUT2D eigenvalue weighted by atomic mass is 19.4. The number of aryl methyl sites for hydroxylation is 1. The van der Waals surface area contributed by atoms with Crippen LogP contribution in [0.4, 0.5) is 13.2 Å². The summed E-state index contributed by atoms with van der Waals surface area (Å²) in [6, 6.07) is 4.65. The predicted molar refractivity (Wildman–Crippen MR) is 84.0 cm³/mol. The van der Waals surface area contributed by atoms with E-state index in [2.05, 4.69) is 10.3 Å². The molecule has 1 saturated heterocycles. The second-order valence-electron chi connectivity index (χ2n) is 6.06. The van der Waals surface area contributed by atoms with Gasteiger partial charge < -0.3 is 14.6 Å². The molecule has 1 aromatic heterocycles. The molecule has 1 aromatic carbocycles. The van der Waals surface area contributed by atoms with Crippen LogP contribution >= 0.6 is 0 Å². The van der Waals surface area contributed by atoms with Crippen molar-refractivity contribution < 1.29 is 27.2 Å². The molecule has 0 spiro atoms. The zero-order chi connectivity index (χ0) is 18.9. The van der Waals surface area contributed by atoms with Crippen molar-refractivity contribution in [2.45, 2.75) is 32.1 Å². The molecule has 0 saturated carbocycles. The van der Waals surface area contributed by atoms with Gasteiger partial charge in [-0.25, -0.2) is 4.98 Å². The standard InChI is InChI=1S/C17H16F3N3O3/c1-10-15(21-9-26-10)16(25)22-12-6-14(24)23(8-12)7-11-4-2-3-5-13(11)17(18,19)20/h2-5,9,12H,6-8H2,1H3,(H,22,25). The minimum atomic E-state index is -4.49. The third-order valence-corrected chi connectivity index (χ3v) is 4.19. The van der Waals surface area contributed by atoms with Crippen molar-refractivity contribution in [2.24, 2.45) is 0 Å². The summed E-state index contributed by atoms with van der Waals surface area (Å²) in [4.78, 5) is 29.4. The highest BCUT2D eigenvalue weighted by Gasteiger charge is 2.36. The first-order valence-corrected chi connectivity index (χ1v) is 7.89. The van der Waals surface area contributed by atoms with Crippen LogP contribution in [0.3, 0.4) is 0 Å². The van der Waals surface area contributed by atoms with Gasteiger partial charge in [-0.05, 0) is 18.6 Å². The number of hydrogen-bond donors (Lipinski definition) is 1. The molecule has 1 atom stereocenters. The highest BCUT2D eigenvalue weighted by Crippen LogP contribution is 2.32. The predicted octanol–water partition coefficient (Wildman–Crippen LogP) is 2.53. The molecule has 0 bridgehead atoms. The molecule has 6 nitrogen and oxygen atoms in total. The van der Waals surface area contributed by atoms with E-state index in [1.165, 1.54) is 23.1 Å². The van der Waals surface area contributed by atoms with Crippen LogP contribution in [0.15, 0.2) is 35.1 Å². The van der Waals surface area contributed by atoms with Crippen molar-refractivity contribution in [3.63, 3.8) is 0 Å². The van der Waals surface area contributed by atoms with Crippen LogP contribution in [0.2, 0.25) is 0 Å². The first-order valence-electron chi connectivity index (χ1n) is 7.89. The third-order valence-electron chi connectivity index (χ3n) is 4.19. The first-order chi connectivity index (χ1) is 12.3. The molecular formula is C17H16F3N3O3. The zero-order valence-corrected chi connectivity index (χ0v) is 13.8. The van der Waals surface area contributed by atoms with Gasteiger partial charge in [-0.3, -0.25) is 9.59 Å². The maximum Gasteiger partial charge on any atom is 0.416 e. The average molecular weight is 367 g/mol. The molecule has 1 fully saturated rings. The topological polar surface area (TPSA) is 75.4 Å². The van der Waals surface area contributed by atoms with E-state index in [0.29, 0.717) is 5.76 Å². The molecule has 26 heavy (non-hydrogen) atoms. The van der Waals surface area contributed by atoms with Gasteiger partial charge in [-0.2, -0.15) is 13.2 Å². The Balaban J connectivity index is 1.68. The Kier molecular flexibility index (Phi) is 4.71. The fourth-order valence-corrected chi connectivity index (χ4v) is 2.94. The highest BCUT2D eigenvalue weighted by molar-refractivity contribution is 5.94. The molecule has 1 unspecified atom stereocenters. The number of oxazole rings is 1. The molecule has 0 radical (unpaired) electrons. The Morgan fingerprint density at radius 3 is 2.77 bits per heavy atom. The largest absolute Gasteiger partial charge is 0.448 e. The maximum absolute atomic E-state index is 13.1. The van der Waals surface area contributed by atoms with Crippen molar-refractivity contribution in [3.8, 4) is 0 Å². The first kappa shape index (κ1) is 18.0. The Bertz CT molecular complexity index is 832. The molecule has 1 aliphatic rings. The SMILES string of the molecule is Cc1ocnc1C(=O)NC1CC(=O)N(Cc2ccccc2C(F)(F)F)C1. The monoisotopic (exact) mass is 367 g/mol. The van der Waals surface area contributed by atoms with E-state index in [1.54, 1.807) is 6.92 Å². The van der Waals surface area contributed by atoms with Crippen LogP contribution in [-0.2, 0) is 17.5 Å². The van der Waals surface area contributed by atoms with Gasteiger partial charge in [0.1, 0.15) is 5.76 Å². The number of nitrogens with zero attached hydrogens (tertiary/aromatic N) is 2. The summed E-state index contributed by atoms with van der Waals surface area (Å²) in [5.74, 6) is -0.446. The van der Waals surface area contributed by atoms with Gasteiger partial charge >= 0.3 is 6.18 Å². The summed E-state index contributed by atoms with van der Waals surface area (Å²) in [5.41, 5.74) is -0.621. The number of rotatable bonds is 4. The van der Waals surface area contributed by atoms with Crippen LogP contribution in [0.25, 0.3) is 0 Å². The summed E-state index contributed by atoms with van der Waals surface area (Å²) in [7, 11) is 0. The molecule has 2 heterocycles. The molecule has 2 amide bonds. The Hall–Kier alpha value is -2.84. The summed E-state index contributed by atoms with van der Waals surface area (Å²) >= 11 is 0. The van der Waals surface area contributed by atoms with E-state index in [-0.39, 0.29) is 36.7 Å². The number of halogens is 3. The van der Waals surface area contributed by atoms with Crippen LogP contribution in [0.1, 0.15) is 33.8 Å². The number of hydrogen-bond acceptors (Lipinski definition) is 4. The normalized spacial score (nSPS) is 17.6. The quantitative estimate of drug-likeness (QED) is 0.901. The minimum Gasteiger partial charge on any atom is -0.448 e. The summed E-state index contributed by atoms with van der Waals surface area (Å²) in [6.45, 7) is 1.56. The number of likely N-dealkylation sites (tertiary alicyclic amines) is 1. The van der Waals surface area contributed by atoms with Crippen molar-refractivity contribution in [1.82, 2.24) is 15.2 Å². The number of benzene rings is 1. The average Bonchev–Trinajstić information content (AvgIpc) is 3.13. The zero-order valence-electron chi connectivity index (χ0n) is 13.8. The molecule has 3 rings (SSSR count). The lowest BCUT2D eigenvalue weighted by molar-refractivity contribution is -0.139. The van der Waals surface area contributed by atoms with E-state index in [0.717, 1.165) is 12.5 Å².